The second-order valence-electron chi connectivity index (χ2n) is 4.69. The highest BCUT2D eigenvalue weighted by atomic mass is 32.2. The van der Waals surface area contributed by atoms with E-state index in [1.165, 1.54) is 22.5 Å². The minimum absolute atomic E-state index is 0.0612. The normalized spacial score (nSPS) is 17.6. The van der Waals surface area contributed by atoms with Gasteiger partial charge in [0.15, 0.2) is 0 Å². The van der Waals surface area contributed by atoms with Crippen molar-refractivity contribution in [1.82, 2.24) is 4.31 Å². The maximum absolute atomic E-state index is 12.6. The molecule has 1 aliphatic heterocycles. The fraction of sp³-hybridized carbons (Fsp3) is 0.462. The summed E-state index contributed by atoms with van der Waals surface area (Å²) in [7, 11) is -3.59. The third-order valence-corrected chi connectivity index (χ3v) is 5.26. The van der Waals surface area contributed by atoms with Crippen molar-refractivity contribution < 1.29 is 8.42 Å². The van der Waals surface area contributed by atoms with E-state index in [0.29, 0.717) is 18.8 Å². The first-order chi connectivity index (χ1) is 9.05. The van der Waals surface area contributed by atoms with Gasteiger partial charge >= 0.3 is 0 Å². The van der Waals surface area contributed by atoms with Crippen molar-refractivity contribution in [2.45, 2.75) is 30.6 Å². The molecular weight excluding hydrogens is 262 g/mol. The van der Waals surface area contributed by atoms with Crippen molar-refractivity contribution in [3.63, 3.8) is 0 Å². The molecule has 1 aliphatic rings. The molecule has 2 N–H and O–H groups in total. The van der Waals surface area contributed by atoms with Gasteiger partial charge in [-0.05, 0) is 31.0 Å². The second kappa shape index (κ2) is 5.59. The topological polar surface area (TPSA) is 87.2 Å². The molecule has 1 fully saturated rings. The molecule has 0 radical (unpaired) electrons. The van der Waals surface area contributed by atoms with Crippen LogP contribution >= 0.6 is 0 Å². The Bertz CT molecular complexity index is 597. The highest BCUT2D eigenvalue weighted by molar-refractivity contribution is 7.89. The Balaban J connectivity index is 2.41. The summed E-state index contributed by atoms with van der Waals surface area (Å²) >= 11 is 0. The molecule has 2 rings (SSSR count). The van der Waals surface area contributed by atoms with E-state index in [-0.39, 0.29) is 10.5 Å². The molecular formula is C13H17N3O2S. The summed E-state index contributed by atoms with van der Waals surface area (Å²) in [4.78, 5) is 0.0612. The Morgan fingerprint density at radius 1 is 1.16 bits per heavy atom. The van der Waals surface area contributed by atoms with Crippen molar-refractivity contribution in [3.8, 4) is 6.07 Å². The number of rotatable bonds is 2. The lowest BCUT2D eigenvalue weighted by Gasteiger charge is -2.20. The van der Waals surface area contributed by atoms with Crippen LogP contribution in [0.2, 0.25) is 0 Å². The molecule has 19 heavy (non-hydrogen) atoms. The van der Waals surface area contributed by atoms with Gasteiger partial charge in [-0.2, -0.15) is 9.57 Å². The summed E-state index contributed by atoms with van der Waals surface area (Å²) in [5, 5.41) is 9.07. The molecule has 0 aromatic heterocycles. The van der Waals surface area contributed by atoms with Crippen LogP contribution < -0.4 is 5.73 Å². The standard InChI is InChI=1S/C13H17N3O2S/c14-10-11-9-12(15)5-6-13(11)19(17,18)16-7-3-1-2-4-8-16/h5-6,9H,1-4,7-8,15H2. The SMILES string of the molecule is N#Cc1cc(N)ccc1S(=O)(=O)N1CCCCCC1. The van der Waals surface area contributed by atoms with Gasteiger partial charge in [0.25, 0.3) is 0 Å². The summed E-state index contributed by atoms with van der Waals surface area (Å²) in [6.07, 6.45) is 3.85. The number of nitrogens with two attached hydrogens (primary N) is 1. The van der Waals surface area contributed by atoms with Crippen LogP contribution in [0.5, 0.6) is 0 Å². The minimum Gasteiger partial charge on any atom is -0.399 e. The molecule has 0 atom stereocenters. The number of anilines is 1. The molecule has 0 saturated carbocycles. The van der Waals surface area contributed by atoms with Gasteiger partial charge in [-0.15, -0.1) is 0 Å². The van der Waals surface area contributed by atoms with E-state index in [0.717, 1.165) is 25.7 Å². The molecule has 102 valence electrons. The number of benzene rings is 1. The van der Waals surface area contributed by atoms with Gasteiger partial charge < -0.3 is 5.73 Å². The smallest absolute Gasteiger partial charge is 0.244 e. The van der Waals surface area contributed by atoms with Crippen LogP contribution in [0.4, 0.5) is 5.69 Å². The third-order valence-electron chi connectivity index (χ3n) is 3.31. The molecule has 5 nitrogen and oxygen atoms in total. The van der Waals surface area contributed by atoms with Crippen molar-refractivity contribution in [2.75, 3.05) is 18.8 Å². The van der Waals surface area contributed by atoms with Crippen LogP contribution in [0.3, 0.4) is 0 Å². The van der Waals surface area contributed by atoms with Gasteiger partial charge in [0.1, 0.15) is 11.0 Å². The number of hydrogen-bond acceptors (Lipinski definition) is 4. The third kappa shape index (κ3) is 2.88. The number of nitriles is 1. The monoisotopic (exact) mass is 279 g/mol. The number of hydrogen-bond donors (Lipinski definition) is 1. The lowest BCUT2D eigenvalue weighted by atomic mass is 10.2. The fourth-order valence-electron chi connectivity index (χ4n) is 2.28. The van der Waals surface area contributed by atoms with Gasteiger partial charge in [-0.1, -0.05) is 12.8 Å². The molecule has 1 aromatic carbocycles. The predicted octanol–water partition coefficient (Wildman–Crippen LogP) is 1.71. The Hall–Kier alpha value is -1.58. The highest BCUT2D eigenvalue weighted by Crippen LogP contribution is 2.24. The average Bonchev–Trinajstić information content (AvgIpc) is 2.67. The van der Waals surface area contributed by atoms with E-state index in [1.54, 1.807) is 0 Å². The van der Waals surface area contributed by atoms with Crippen LogP contribution in [-0.2, 0) is 10.0 Å². The summed E-state index contributed by atoms with van der Waals surface area (Å²) in [6, 6.07) is 6.26. The van der Waals surface area contributed by atoms with E-state index >= 15 is 0 Å². The zero-order valence-electron chi connectivity index (χ0n) is 10.7. The summed E-state index contributed by atoms with van der Waals surface area (Å²) in [5.74, 6) is 0. The van der Waals surface area contributed by atoms with E-state index in [2.05, 4.69) is 0 Å². The van der Waals surface area contributed by atoms with Gasteiger partial charge in [0.05, 0.1) is 5.56 Å². The van der Waals surface area contributed by atoms with Gasteiger partial charge in [-0.3, -0.25) is 0 Å². The Labute approximate surface area is 113 Å². The molecule has 0 amide bonds. The minimum atomic E-state index is -3.59. The molecule has 0 bridgehead atoms. The lowest BCUT2D eigenvalue weighted by molar-refractivity contribution is 0.423. The van der Waals surface area contributed by atoms with E-state index in [1.807, 2.05) is 6.07 Å². The maximum Gasteiger partial charge on any atom is 0.244 e. The Kier molecular flexibility index (Phi) is 4.08. The molecule has 0 aliphatic carbocycles. The van der Waals surface area contributed by atoms with Crippen LogP contribution in [0, 0.1) is 11.3 Å². The number of sulfonamides is 1. The largest absolute Gasteiger partial charge is 0.399 e. The van der Waals surface area contributed by atoms with Crippen LogP contribution in [-0.4, -0.2) is 25.8 Å². The lowest BCUT2D eigenvalue weighted by Crippen LogP contribution is -2.32. The van der Waals surface area contributed by atoms with E-state index < -0.39 is 10.0 Å². The van der Waals surface area contributed by atoms with Gasteiger partial charge in [-0.25, -0.2) is 8.42 Å². The molecule has 1 heterocycles. The first-order valence-electron chi connectivity index (χ1n) is 6.35. The number of nitrogen functional groups attached to an aromatic ring is 1. The fourth-order valence-corrected chi connectivity index (χ4v) is 3.92. The van der Waals surface area contributed by atoms with E-state index in [9.17, 15) is 8.42 Å². The first kappa shape index (κ1) is 13.8. The quantitative estimate of drug-likeness (QED) is 0.835. The molecule has 0 unspecified atom stereocenters. The summed E-state index contributed by atoms with van der Waals surface area (Å²) < 4.78 is 26.6. The zero-order chi connectivity index (χ0) is 13.9. The first-order valence-corrected chi connectivity index (χ1v) is 7.79. The second-order valence-corrected chi connectivity index (χ2v) is 6.59. The molecule has 6 heteroatoms. The van der Waals surface area contributed by atoms with Crippen LogP contribution in [0.15, 0.2) is 23.1 Å². The summed E-state index contributed by atoms with van der Waals surface area (Å²) in [5.41, 5.74) is 6.10. The summed E-state index contributed by atoms with van der Waals surface area (Å²) in [6.45, 7) is 1.05. The zero-order valence-corrected chi connectivity index (χ0v) is 11.5. The Morgan fingerprint density at radius 2 is 1.79 bits per heavy atom. The van der Waals surface area contributed by atoms with Crippen LogP contribution in [0.1, 0.15) is 31.2 Å². The maximum atomic E-state index is 12.6. The van der Waals surface area contributed by atoms with Gasteiger partial charge in [0.2, 0.25) is 10.0 Å². The average molecular weight is 279 g/mol. The van der Waals surface area contributed by atoms with E-state index in [4.69, 9.17) is 11.0 Å². The molecule has 1 saturated heterocycles. The predicted molar refractivity (Wildman–Crippen MR) is 72.8 cm³/mol. The van der Waals surface area contributed by atoms with Crippen molar-refractivity contribution in [1.29, 1.82) is 5.26 Å². The molecule has 1 aromatic rings. The highest BCUT2D eigenvalue weighted by Gasteiger charge is 2.27. The van der Waals surface area contributed by atoms with Crippen LogP contribution in [0.25, 0.3) is 0 Å². The number of nitrogens with zero attached hydrogens (tertiary/aromatic N) is 2. The van der Waals surface area contributed by atoms with Crippen molar-refractivity contribution >= 4 is 15.7 Å². The van der Waals surface area contributed by atoms with Crippen molar-refractivity contribution in [2.24, 2.45) is 0 Å². The Morgan fingerprint density at radius 3 is 2.37 bits per heavy atom. The van der Waals surface area contributed by atoms with Crippen molar-refractivity contribution in [3.05, 3.63) is 23.8 Å². The van der Waals surface area contributed by atoms with Gasteiger partial charge in [0, 0.05) is 18.8 Å². The molecule has 0 spiro atoms.